The predicted molar refractivity (Wildman–Crippen MR) is 79.7 cm³/mol. The Morgan fingerprint density at radius 2 is 1.92 bits per heavy atom. The minimum atomic E-state index is -4.54. The number of nitrogens with one attached hydrogen (secondary N) is 2. The number of hydrogen-bond donors (Lipinski definition) is 2. The topological polar surface area (TPSA) is 88.9 Å². The lowest BCUT2D eigenvalue weighted by atomic mass is 10.3. The second kappa shape index (κ2) is 7.81. The van der Waals surface area contributed by atoms with Gasteiger partial charge >= 0.3 is 12.2 Å². The van der Waals surface area contributed by atoms with E-state index in [4.69, 9.17) is 0 Å². The van der Waals surface area contributed by atoms with Crippen LogP contribution in [0.15, 0.2) is 41.8 Å². The first kappa shape index (κ1) is 17.8. The molecule has 0 fully saturated rings. The van der Waals surface area contributed by atoms with Crippen LogP contribution in [0.5, 0.6) is 0 Å². The second-order valence-corrected chi connectivity index (χ2v) is 5.40. The lowest BCUT2D eigenvalue weighted by molar-refractivity contribution is -0.124. The van der Waals surface area contributed by atoms with E-state index in [1.165, 1.54) is 6.33 Å². The van der Waals surface area contributed by atoms with E-state index in [1.807, 2.05) is 30.3 Å². The first-order chi connectivity index (χ1) is 11.3. The number of para-hydroxylation sites is 1. The molecule has 7 nitrogen and oxygen atoms in total. The van der Waals surface area contributed by atoms with E-state index in [-0.39, 0.29) is 5.75 Å². The molecule has 3 amide bonds. The Balaban J connectivity index is 1.85. The van der Waals surface area contributed by atoms with Gasteiger partial charge in [-0.05, 0) is 12.1 Å². The largest absolute Gasteiger partial charge is 0.405 e. The number of benzene rings is 1. The number of carbonyl (C=O) groups is 2. The summed E-state index contributed by atoms with van der Waals surface area (Å²) in [6, 6.07) is 7.91. The summed E-state index contributed by atoms with van der Waals surface area (Å²) in [4.78, 5) is 22.8. The average molecular weight is 359 g/mol. The first-order valence-electron chi connectivity index (χ1n) is 6.58. The standard InChI is InChI=1S/C13H12F3N5O2S/c14-13(15,16)7-17-11(23)19-10(22)6-24-12-20-18-8-21(12)9-4-2-1-3-5-9/h1-5,8H,6-7H2,(H2,17,19,22,23). The van der Waals surface area contributed by atoms with E-state index in [2.05, 4.69) is 10.2 Å². The molecule has 0 unspecified atom stereocenters. The fourth-order valence-corrected chi connectivity index (χ4v) is 2.33. The summed E-state index contributed by atoms with van der Waals surface area (Å²) in [6.07, 6.45) is -3.08. The fraction of sp³-hybridized carbons (Fsp3) is 0.231. The zero-order chi connectivity index (χ0) is 17.6. The Morgan fingerprint density at radius 1 is 1.21 bits per heavy atom. The van der Waals surface area contributed by atoms with Gasteiger partial charge in [-0.2, -0.15) is 13.2 Å². The van der Waals surface area contributed by atoms with Crippen LogP contribution in [0, 0.1) is 0 Å². The summed E-state index contributed by atoms with van der Waals surface area (Å²) in [7, 11) is 0. The highest BCUT2D eigenvalue weighted by Crippen LogP contribution is 2.18. The van der Waals surface area contributed by atoms with Gasteiger partial charge in [-0.25, -0.2) is 4.79 Å². The number of amides is 3. The molecule has 0 atom stereocenters. The molecule has 24 heavy (non-hydrogen) atoms. The van der Waals surface area contributed by atoms with Gasteiger partial charge in [0.25, 0.3) is 0 Å². The van der Waals surface area contributed by atoms with Crippen molar-refractivity contribution in [1.82, 2.24) is 25.4 Å². The monoisotopic (exact) mass is 359 g/mol. The molecule has 0 spiro atoms. The smallest absolute Gasteiger partial charge is 0.329 e. The first-order valence-corrected chi connectivity index (χ1v) is 7.56. The predicted octanol–water partition coefficient (Wildman–Crippen LogP) is 1.75. The molecule has 2 aromatic rings. The quantitative estimate of drug-likeness (QED) is 0.794. The van der Waals surface area contributed by atoms with Crippen LogP contribution in [0.25, 0.3) is 5.69 Å². The molecule has 0 radical (unpaired) electrons. The Morgan fingerprint density at radius 3 is 2.58 bits per heavy atom. The van der Waals surface area contributed by atoms with Gasteiger partial charge in [-0.15, -0.1) is 10.2 Å². The molecule has 1 aromatic carbocycles. The molecular weight excluding hydrogens is 347 g/mol. The number of aromatic nitrogens is 3. The van der Waals surface area contributed by atoms with Crippen LogP contribution in [-0.2, 0) is 4.79 Å². The van der Waals surface area contributed by atoms with Crippen molar-refractivity contribution in [2.75, 3.05) is 12.3 Å². The molecule has 1 heterocycles. The van der Waals surface area contributed by atoms with Crippen molar-refractivity contribution in [1.29, 1.82) is 0 Å². The highest BCUT2D eigenvalue weighted by Gasteiger charge is 2.28. The maximum absolute atomic E-state index is 11.9. The fourth-order valence-electron chi connectivity index (χ4n) is 1.61. The summed E-state index contributed by atoms with van der Waals surface area (Å²) >= 11 is 0.997. The van der Waals surface area contributed by atoms with Crippen LogP contribution >= 0.6 is 11.8 Å². The molecule has 0 aliphatic rings. The average Bonchev–Trinajstić information content (AvgIpc) is 3.00. The minimum absolute atomic E-state index is 0.203. The van der Waals surface area contributed by atoms with Crippen molar-refractivity contribution in [2.45, 2.75) is 11.3 Å². The molecule has 11 heteroatoms. The molecule has 0 saturated carbocycles. The Labute approximate surface area is 138 Å². The molecule has 0 saturated heterocycles. The molecule has 2 rings (SSSR count). The lowest BCUT2D eigenvalue weighted by Gasteiger charge is -2.09. The third-order valence-corrected chi connectivity index (χ3v) is 3.53. The van der Waals surface area contributed by atoms with Gasteiger partial charge in [0, 0.05) is 5.69 Å². The molecular formula is C13H12F3N5O2S. The summed E-state index contributed by atoms with van der Waals surface area (Å²) in [5.74, 6) is -0.951. The zero-order valence-electron chi connectivity index (χ0n) is 12.1. The van der Waals surface area contributed by atoms with Gasteiger partial charge in [0.05, 0.1) is 5.75 Å². The van der Waals surface area contributed by atoms with Crippen LogP contribution in [-0.4, -0.2) is 45.2 Å². The molecule has 0 bridgehead atoms. The van der Waals surface area contributed by atoms with Crippen molar-refractivity contribution < 1.29 is 22.8 Å². The molecule has 2 N–H and O–H groups in total. The van der Waals surface area contributed by atoms with Gasteiger partial charge in [0.2, 0.25) is 5.91 Å². The second-order valence-electron chi connectivity index (χ2n) is 4.45. The summed E-state index contributed by atoms with van der Waals surface area (Å²) in [6.45, 7) is -1.51. The molecule has 0 aliphatic heterocycles. The number of imide groups is 1. The third-order valence-electron chi connectivity index (χ3n) is 2.59. The third kappa shape index (κ3) is 5.57. The maximum Gasteiger partial charge on any atom is 0.405 e. The van der Waals surface area contributed by atoms with E-state index in [1.54, 1.807) is 15.2 Å². The van der Waals surface area contributed by atoms with Crippen LogP contribution in [0.3, 0.4) is 0 Å². The van der Waals surface area contributed by atoms with Crippen molar-refractivity contribution in [3.05, 3.63) is 36.7 Å². The number of rotatable bonds is 5. The number of urea groups is 1. The molecule has 1 aromatic heterocycles. The van der Waals surface area contributed by atoms with E-state index in [0.717, 1.165) is 17.4 Å². The number of hydrogen-bond acceptors (Lipinski definition) is 5. The van der Waals surface area contributed by atoms with Crippen molar-refractivity contribution in [3.63, 3.8) is 0 Å². The Kier molecular flexibility index (Phi) is 5.79. The highest BCUT2D eigenvalue weighted by molar-refractivity contribution is 7.99. The van der Waals surface area contributed by atoms with Crippen molar-refractivity contribution >= 4 is 23.7 Å². The van der Waals surface area contributed by atoms with Crippen molar-refractivity contribution in [3.8, 4) is 5.69 Å². The molecule has 0 aliphatic carbocycles. The SMILES string of the molecule is O=C(CSc1nncn1-c1ccccc1)NC(=O)NCC(F)(F)F. The zero-order valence-corrected chi connectivity index (χ0v) is 12.9. The minimum Gasteiger partial charge on any atom is -0.329 e. The van der Waals surface area contributed by atoms with E-state index in [9.17, 15) is 22.8 Å². The highest BCUT2D eigenvalue weighted by atomic mass is 32.2. The Hall–Kier alpha value is -2.56. The summed E-state index contributed by atoms with van der Waals surface area (Å²) in [5, 5.41) is 11.4. The van der Waals surface area contributed by atoms with Crippen LogP contribution in [0.2, 0.25) is 0 Å². The summed E-state index contributed by atoms with van der Waals surface area (Å²) < 4.78 is 37.5. The van der Waals surface area contributed by atoms with Gasteiger partial charge in [0.1, 0.15) is 12.9 Å². The van der Waals surface area contributed by atoms with Crippen molar-refractivity contribution in [2.24, 2.45) is 0 Å². The maximum atomic E-state index is 11.9. The Bertz CT molecular complexity index is 705. The van der Waals surface area contributed by atoms with Crippen LogP contribution in [0.1, 0.15) is 0 Å². The number of halogens is 3. The number of thioether (sulfide) groups is 1. The van der Waals surface area contributed by atoms with E-state index in [0.29, 0.717) is 5.16 Å². The van der Waals surface area contributed by atoms with Gasteiger partial charge in [-0.1, -0.05) is 30.0 Å². The number of nitrogens with zero attached hydrogens (tertiary/aromatic N) is 3. The summed E-state index contributed by atoms with van der Waals surface area (Å²) in [5.41, 5.74) is 0.785. The van der Waals surface area contributed by atoms with Crippen LogP contribution in [0.4, 0.5) is 18.0 Å². The number of carbonyl (C=O) groups excluding carboxylic acids is 2. The van der Waals surface area contributed by atoms with E-state index >= 15 is 0 Å². The molecule has 128 valence electrons. The number of alkyl halides is 3. The van der Waals surface area contributed by atoms with E-state index < -0.39 is 24.7 Å². The normalized spacial score (nSPS) is 11.1. The van der Waals surface area contributed by atoms with Crippen LogP contribution < -0.4 is 10.6 Å². The van der Waals surface area contributed by atoms with Gasteiger partial charge < -0.3 is 5.32 Å². The van der Waals surface area contributed by atoms with Gasteiger partial charge in [-0.3, -0.25) is 14.7 Å². The van der Waals surface area contributed by atoms with Gasteiger partial charge in [0.15, 0.2) is 5.16 Å². The lowest BCUT2D eigenvalue weighted by Crippen LogP contribution is -2.43.